The molecule has 3 N–H and O–H groups in total. The lowest BCUT2D eigenvalue weighted by Crippen LogP contribution is -2.51. The summed E-state index contributed by atoms with van der Waals surface area (Å²) in [6.07, 6.45) is 2.44. The molecule has 160 valence electrons. The average Bonchev–Trinajstić information content (AvgIpc) is 3.27. The highest BCUT2D eigenvalue weighted by molar-refractivity contribution is 5.83. The summed E-state index contributed by atoms with van der Waals surface area (Å²) in [5, 5.41) is 12.4. The van der Waals surface area contributed by atoms with Gasteiger partial charge in [-0.3, -0.25) is 0 Å². The molecule has 2 atom stereocenters. The molecule has 0 saturated carbocycles. The molecule has 2 aromatic carbocycles. The molecule has 0 saturated heterocycles. The number of fused-ring (bicyclic) bond motifs is 1. The number of aromatic amines is 1. The molecule has 0 fully saturated rings. The van der Waals surface area contributed by atoms with Crippen molar-refractivity contribution in [3.63, 3.8) is 0 Å². The van der Waals surface area contributed by atoms with Crippen molar-refractivity contribution in [2.45, 2.75) is 24.9 Å². The number of carboxylic acid groups (broad SMARTS) is 1. The summed E-state index contributed by atoms with van der Waals surface area (Å²) in [5.74, 6) is -0.359. The zero-order chi connectivity index (χ0) is 21.8. The Kier molecular flexibility index (Phi) is 5.88. The molecule has 0 bridgehead atoms. The number of H-pyrrole nitrogens is 1. The summed E-state index contributed by atoms with van der Waals surface area (Å²) in [5.41, 5.74) is 3.46. The van der Waals surface area contributed by atoms with E-state index in [4.69, 9.17) is 4.74 Å². The third-order valence-corrected chi connectivity index (χ3v) is 5.50. The van der Waals surface area contributed by atoms with Crippen LogP contribution < -0.4 is 10.1 Å². The monoisotopic (exact) mass is 420 g/mol. The largest absolute Gasteiger partial charge is 0.497 e. The van der Waals surface area contributed by atoms with E-state index in [0.717, 1.165) is 22.5 Å². The maximum absolute atomic E-state index is 13.2. The molecule has 0 unspecified atom stereocenters. The van der Waals surface area contributed by atoms with Gasteiger partial charge in [-0.2, -0.15) is 0 Å². The number of ether oxygens (including phenoxy) is 1. The van der Waals surface area contributed by atoms with Crippen LogP contribution >= 0.6 is 0 Å². The molecule has 3 aromatic rings. The van der Waals surface area contributed by atoms with Crippen LogP contribution in [0.2, 0.25) is 0 Å². The maximum Gasteiger partial charge on any atom is 0.326 e. The van der Waals surface area contributed by atoms with Gasteiger partial charge in [0.15, 0.2) is 0 Å². The molecular formula is C23H24N4O4. The fourth-order valence-corrected chi connectivity index (χ4v) is 3.90. The highest BCUT2D eigenvalue weighted by Gasteiger charge is 2.35. The lowest BCUT2D eigenvalue weighted by atomic mass is 9.96. The second kappa shape index (κ2) is 8.91. The fourth-order valence-electron chi connectivity index (χ4n) is 3.90. The molecule has 2 amide bonds. The number of rotatable bonds is 6. The van der Waals surface area contributed by atoms with E-state index in [1.807, 2.05) is 54.6 Å². The number of carboxylic acids is 1. The Morgan fingerprint density at radius 3 is 2.65 bits per heavy atom. The van der Waals surface area contributed by atoms with Gasteiger partial charge in [-0.15, -0.1) is 0 Å². The van der Waals surface area contributed by atoms with Crippen molar-refractivity contribution in [2.75, 3.05) is 13.7 Å². The standard InChI is InChI=1S/C23H24N4O4/c1-31-17-9-7-16(8-10-17)21-20-18(24-14-25-20)11-12-27(21)23(30)26-19(22(28)29)13-15-5-3-2-4-6-15/h2-10,14,19,21H,11-13H2,1H3,(H,24,25)(H,26,30)(H,28,29)/t19-,21+/m0/s1. The van der Waals surface area contributed by atoms with Crippen molar-refractivity contribution < 1.29 is 19.4 Å². The van der Waals surface area contributed by atoms with Gasteiger partial charge in [0.2, 0.25) is 0 Å². The Labute approximate surface area is 179 Å². The molecule has 8 heteroatoms. The number of methoxy groups -OCH3 is 1. The number of hydrogen-bond acceptors (Lipinski definition) is 4. The van der Waals surface area contributed by atoms with Crippen LogP contribution in [0.3, 0.4) is 0 Å². The minimum absolute atomic E-state index is 0.205. The third-order valence-electron chi connectivity index (χ3n) is 5.50. The van der Waals surface area contributed by atoms with Crippen LogP contribution in [0.5, 0.6) is 5.75 Å². The summed E-state index contributed by atoms with van der Waals surface area (Å²) >= 11 is 0. The molecule has 4 rings (SSSR count). The van der Waals surface area contributed by atoms with Crippen molar-refractivity contribution in [2.24, 2.45) is 0 Å². The predicted molar refractivity (Wildman–Crippen MR) is 114 cm³/mol. The molecule has 31 heavy (non-hydrogen) atoms. The van der Waals surface area contributed by atoms with E-state index < -0.39 is 24.1 Å². The van der Waals surface area contributed by atoms with Crippen LogP contribution in [-0.4, -0.2) is 51.7 Å². The smallest absolute Gasteiger partial charge is 0.326 e. The molecule has 0 aliphatic carbocycles. The summed E-state index contributed by atoms with van der Waals surface area (Å²) in [7, 11) is 1.60. The normalized spacial score (nSPS) is 16.3. The minimum Gasteiger partial charge on any atom is -0.497 e. The Hall–Kier alpha value is -3.81. The topological polar surface area (TPSA) is 108 Å². The van der Waals surface area contributed by atoms with Gasteiger partial charge < -0.3 is 25.0 Å². The molecule has 8 nitrogen and oxygen atoms in total. The first-order valence-electron chi connectivity index (χ1n) is 10.1. The van der Waals surface area contributed by atoms with Crippen molar-refractivity contribution in [1.29, 1.82) is 0 Å². The van der Waals surface area contributed by atoms with Crippen LogP contribution in [0.25, 0.3) is 0 Å². The van der Waals surface area contributed by atoms with E-state index in [1.54, 1.807) is 18.3 Å². The van der Waals surface area contributed by atoms with Crippen LogP contribution in [0.1, 0.15) is 28.6 Å². The zero-order valence-electron chi connectivity index (χ0n) is 17.1. The molecule has 2 heterocycles. The highest BCUT2D eigenvalue weighted by Crippen LogP contribution is 2.34. The molecule has 1 aromatic heterocycles. The van der Waals surface area contributed by atoms with Gasteiger partial charge in [0.1, 0.15) is 17.8 Å². The fraction of sp³-hybridized carbons (Fsp3) is 0.261. The van der Waals surface area contributed by atoms with Gasteiger partial charge in [0, 0.05) is 25.1 Å². The lowest BCUT2D eigenvalue weighted by molar-refractivity contribution is -0.139. The van der Waals surface area contributed by atoms with E-state index in [1.165, 1.54) is 0 Å². The van der Waals surface area contributed by atoms with Crippen LogP contribution in [0.4, 0.5) is 4.79 Å². The summed E-state index contributed by atoms with van der Waals surface area (Å²) in [6, 6.07) is 14.8. The quantitative estimate of drug-likeness (QED) is 0.568. The SMILES string of the molecule is COc1ccc([C@@H]2c3nc[nH]c3CCN2C(=O)N[C@@H](Cc2ccccc2)C(=O)O)cc1. The summed E-state index contributed by atoms with van der Waals surface area (Å²) in [6.45, 7) is 0.440. The van der Waals surface area contributed by atoms with E-state index in [2.05, 4.69) is 15.3 Å². The summed E-state index contributed by atoms with van der Waals surface area (Å²) < 4.78 is 5.24. The van der Waals surface area contributed by atoms with E-state index in [9.17, 15) is 14.7 Å². The van der Waals surface area contributed by atoms with Gasteiger partial charge >= 0.3 is 12.0 Å². The minimum atomic E-state index is -1.07. The average molecular weight is 420 g/mol. The van der Waals surface area contributed by atoms with Crippen LogP contribution in [0, 0.1) is 0 Å². The number of urea groups is 1. The second-order valence-corrected chi connectivity index (χ2v) is 7.42. The number of imidazole rings is 1. The zero-order valence-corrected chi connectivity index (χ0v) is 17.1. The molecule has 0 spiro atoms. The number of amides is 2. The first kappa shape index (κ1) is 20.5. The van der Waals surface area contributed by atoms with E-state index in [-0.39, 0.29) is 6.42 Å². The van der Waals surface area contributed by atoms with Crippen molar-refractivity contribution >= 4 is 12.0 Å². The lowest BCUT2D eigenvalue weighted by Gasteiger charge is -2.36. The molecular weight excluding hydrogens is 396 g/mol. The van der Waals surface area contributed by atoms with Crippen LogP contribution in [-0.2, 0) is 17.6 Å². The van der Waals surface area contributed by atoms with Gasteiger partial charge in [-0.05, 0) is 23.3 Å². The van der Waals surface area contributed by atoms with Gasteiger partial charge in [-0.1, -0.05) is 42.5 Å². The first-order valence-corrected chi connectivity index (χ1v) is 10.1. The Morgan fingerprint density at radius 1 is 1.23 bits per heavy atom. The first-order chi connectivity index (χ1) is 15.1. The van der Waals surface area contributed by atoms with Crippen molar-refractivity contribution in [1.82, 2.24) is 20.2 Å². The number of aromatic nitrogens is 2. The number of nitrogens with one attached hydrogen (secondary N) is 2. The maximum atomic E-state index is 13.2. The second-order valence-electron chi connectivity index (χ2n) is 7.42. The van der Waals surface area contributed by atoms with Crippen molar-refractivity contribution in [3.05, 3.63) is 83.4 Å². The number of carbonyl (C=O) groups is 2. The van der Waals surface area contributed by atoms with Crippen LogP contribution in [0.15, 0.2) is 60.9 Å². The predicted octanol–water partition coefficient (Wildman–Crippen LogP) is 2.77. The number of carbonyl (C=O) groups excluding carboxylic acids is 1. The van der Waals surface area contributed by atoms with Gasteiger partial charge in [0.25, 0.3) is 0 Å². The molecule has 1 aliphatic rings. The Balaban J connectivity index is 1.59. The Morgan fingerprint density at radius 2 is 1.97 bits per heavy atom. The molecule has 0 radical (unpaired) electrons. The number of aliphatic carboxylic acids is 1. The van der Waals surface area contributed by atoms with Gasteiger partial charge in [0.05, 0.1) is 19.1 Å². The number of benzene rings is 2. The molecule has 1 aliphatic heterocycles. The third kappa shape index (κ3) is 4.37. The Bertz CT molecular complexity index is 1050. The van der Waals surface area contributed by atoms with Crippen molar-refractivity contribution in [3.8, 4) is 5.75 Å². The number of nitrogens with zero attached hydrogens (tertiary/aromatic N) is 2. The van der Waals surface area contributed by atoms with E-state index in [0.29, 0.717) is 18.7 Å². The number of hydrogen-bond donors (Lipinski definition) is 3. The van der Waals surface area contributed by atoms with Gasteiger partial charge in [-0.25, -0.2) is 14.6 Å². The highest BCUT2D eigenvalue weighted by atomic mass is 16.5. The van der Waals surface area contributed by atoms with E-state index >= 15 is 0 Å². The summed E-state index contributed by atoms with van der Waals surface area (Å²) in [4.78, 5) is 34.3.